The molecular formula is C48H50O7. The van der Waals surface area contributed by atoms with Gasteiger partial charge in [-0.15, -0.1) is 0 Å². The van der Waals surface area contributed by atoms with Gasteiger partial charge in [0.1, 0.15) is 69.0 Å². The molecule has 0 aliphatic carbocycles. The van der Waals surface area contributed by atoms with Crippen molar-refractivity contribution in [3.8, 4) is 69.0 Å². The van der Waals surface area contributed by atoms with E-state index in [0.29, 0.717) is 23.0 Å². The third-order valence-corrected chi connectivity index (χ3v) is 9.78. The molecule has 0 aromatic heterocycles. The van der Waals surface area contributed by atoms with Crippen LogP contribution in [0.2, 0.25) is 0 Å². The fourth-order valence-corrected chi connectivity index (χ4v) is 7.08. The largest absolute Gasteiger partial charge is 0.507 e. The lowest BCUT2D eigenvalue weighted by molar-refractivity contribution is 0.447. The summed E-state index contributed by atoms with van der Waals surface area (Å²) < 4.78 is 31.9. The lowest BCUT2D eigenvalue weighted by Crippen LogP contribution is -1.98. The molecule has 0 unspecified atom stereocenters. The molecule has 0 spiro atoms. The maximum atomic E-state index is 10.2. The van der Waals surface area contributed by atoms with Crippen LogP contribution in [0.25, 0.3) is 0 Å². The quantitative estimate of drug-likeness (QED) is 0.145. The summed E-state index contributed by atoms with van der Waals surface area (Å²) in [5.41, 5.74) is 10.6. The van der Waals surface area contributed by atoms with Gasteiger partial charge in [-0.3, -0.25) is 0 Å². The Hall–Kier alpha value is -6.08. The molecule has 0 fully saturated rings. The number of hydrogen-bond donors (Lipinski definition) is 2. The van der Waals surface area contributed by atoms with E-state index in [1.165, 1.54) is 0 Å². The Bertz CT molecular complexity index is 2150. The first-order valence-corrected chi connectivity index (χ1v) is 18.4. The van der Waals surface area contributed by atoms with Crippen molar-refractivity contribution in [3.05, 3.63) is 140 Å². The number of phenolic OH excluding ortho intramolecular Hbond substituents is 2. The van der Waals surface area contributed by atoms with Crippen LogP contribution in [0.15, 0.2) is 72.8 Å². The minimum atomic E-state index is 0.286. The Labute approximate surface area is 324 Å². The first-order chi connectivity index (χ1) is 26.0. The van der Waals surface area contributed by atoms with Gasteiger partial charge < -0.3 is 33.9 Å². The molecule has 7 heteroatoms. The zero-order valence-electron chi connectivity index (χ0n) is 33.9. The van der Waals surface area contributed by atoms with Crippen LogP contribution in [0.1, 0.15) is 66.8 Å². The molecule has 0 amide bonds. The summed E-state index contributed by atoms with van der Waals surface area (Å²) >= 11 is 0. The summed E-state index contributed by atoms with van der Waals surface area (Å²) in [4.78, 5) is 0. The Morgan fingerprint density at radius 1 is 0.236 bits per heavy atom. The first-order valence-electron chi connectivity index (χ1n) is 18.4. The molecule has 0 bridgehead atoms. The highest BCUT2D eigenvalue weighted by molar-refractivity contribution is 5.56. The second kappa shape index (κ2) is 15.3. The zero-order valence-corrected chi connectivity index (χ0v) is 33.9. The Kier molecular flexibility index (Phi) is 10.8. The lowest BCUT2D eigenvalue weighted by Gasteiger charge is -2.19. The van der Waals surface area contributed by atoms with E-state index >= 15 is 0 Å². The average molecular weight is 739 g/mol. The van der Waals surface area contributed by atoms with Gasteiger partial charge in [0.25, 0.3) is 0 Å². The van der Waals surface area contributed by atoms with Crippen LogP contribution >= 0.6 is 0 Å². The van der Waals surface area contributed by atoms with E-state index in [2.05, 4.69) is 0 Å². The van der Waals surface area contributed by atoms with E-state index in [1.54, 1.807) is 0 Å². The van der Waals surface area contributed by atoms with Gasteiger partial charge in [0.2, 0.25) is 0 Å². The average Bonchev–Trinajstić information content (AvgIpc) is 3.09. The molecule has 6 aromatic rings. The number of benzene rings is 6. The highest BCUT2D eigenvalue weighted by Gasteiger charge is 2.17. The van der Waals surface area contributed by atoms with E-state index in [-0.39, 0.29) is 11.5 Å². The van der Waals surface area contributed by atoms with Crippen molar-refractivity contribution < 1.29 is 33.9 Å². The van der Waals surface area contributed by atoms with Gasteiger partial charge >= 0.3 is 0 Å². The molecular weight excluding hydrogens is 689 g/mol. The number of aromatic hydroxyl groups is 2. The van der Waals surface area contributed by atoms with Crippen LogP contribution in [-0.2, 0) is 0 Å². The SMILES string of the molecule is Cc1cc(Oc2c(C)cc(Oc3c(C)cc(Oc4cc(C)c(Oc5cc(C)c(Oc6cc(C)c(O)c(C)c6)c(C)c5)c(C)c4)cc3C)cc2C)cc(C)c1O. The van der Waals surface area contributed by atoms with Gasteiger partial charge in [-0.2, -0.15) is 0 Å². The predicted octanol–water partition coefficient (Wildman–Crippen LogP) is 13.8. The molecule has 0 radical (unpaired) electrons. The zero-order chi connectivity index (χ0) is 39.9. The smallest absolute Gasteiger partial charge is 0.133 e. The Morgan fingerprint density at radius 2 is 0.382 bits per heavy atom. The summed E-state index contributed by atoms with van der Waals surface area (Å²) in [5.74, 6) is 7.88. The Balaban J connectivity index is 1.15. The van der Waals surface area contributed by atoms with E-state index < -0.39 is 0 Å². The van der Waals surface area contributed by atoms with Crippen molar-refractivity contribution in [1.29, 1.82) is 0 Å². The predicted molar refractivity (Wildman–Crippen MR) is 219 cm³/mol. The van der Waals surface area contributed by atoms with Crippen molar-refractivity contribution in [2.45, 2.75) is 83.1 Å². The van der Waals surface area contributed by atoms with Crippen molar-refractivity contribution in [2.75, 3.05) is 0 Å². The van der Waals surface area contributed by atoms with Crippen molar-refractivity contribution >= 4 is 0 Å². The van der Waals surface area contributed by atoms with E-state index in [1.807, 2.05) is 156 Å². The highest BCUT2D eigenvalue weighted by atomic mass is 16.5. The molecule has 0 aliphatic rings. The van der Waals surface area contributed by atoms with E-state index in [9.17, 15) is 10.2 Å². The molecule has 55 heavy (non-hydrogen) atoms. The van der Waals surface area contributed by atoms with Crippen LogP contribution < -0.4 is 23.7 Å². The maximum Gasteiger partial charge on any atom is 0.133 e. The van der Waals surface area contributed by atoms with Crippen LogP contribution in [0.4, 0.5) is 0 Å². The number of aryl methyl sites for hydroxylation is 12. The monoisotopic (exact) mass is 738 g/mol. The normalized spacial score (nSPS) is 11.1. The summed E-state index contributed by atoms with van der Waals surface area (Å²) in [6.07, 6.45) is 0. The van der Waals surface area contributed by atoms with Crippen molar-refractivity contribution in [1.82, 2.24) is 0 Å². The van der Waals surface area contributed by atoms with Crippen molar-refractivity contribution in [3.63, 3.8) is 0 Å². The molecule has 284 valence electrons. The second-order valence-corrected chi connectivity index (χ2v) is 14.9. The second-order valence-electron chi connectivity index (χ2n) is 14.9. The van der Waals surface area contributed by atoms with Gasteiger partial charge in [-0.25, -0.2) is 0 Å². The third kappa shape index (κ3) is 8.36. The van der Waals surface area contributed by atoms with Crippen LogP contribution in [0, 0.1) is 83.1 Å². The number of rotatable bonds is 10. The highest BCUT2D eigenvalue weighted by Crippen LogP contribution is 2.41. The van der Waals surface area contributed by atoms with Crippen LogP contribution in [-0.4, -0.2) is 10.2 Å². The number of ether oxygens (including phenoxy) is 5. The molecule has 0 saturated carbocycles. The van der Waals surface area contributed by atoms with Crippen molar-refractivity contribution in [2.24, 2.45) is 0 Å². The molecule has 6 rings (SSSR count). The topological polar surface area (TPSA) is 86.6 Å². The molecule has 2 N–H and O–H groups in total. The minimum absolute atomic E-state index is 0.286. The van der Waals surface area contributed by atoms with Gasteiger partial charge in [0.05, 0.1) is 0 Å². The lowest BCUT2D eigenvalue weighted by atomic mass is 10.1. The van der Waals surface area contributed by atoms with Gasteiger partial charge in [-0.05, 0) is 223 Å². The fourth-order valence-electron chi connectivity index (χ4n) is 7.08. The van der Waals surface area contributed by atoms with Gasteiger partial charge in [-0.1, -0.05) is 0 Å². The standard InChI is InChI=1S/C48H50O7/c1-25-13-39(14-26(2)43(25)49)52-47-33(9)21-41(22-34(47)10)54-45-29(5)17-37(18-30(45)6)51-38-19-31(7)46(32(8)20-38)55-42-23-35(11)48(36(12)24-42)53-40-15-27(3)44(50)28(4)16-40/h13-24,49-50H,1-12H3. The van der Waals surface area contributed by atoms with Crippen LogP contribution in [0.3, 0.4) is 0 Å². The molecule has 6 aromatic carbocycles. The van der Waals surface area contributed by atoms with Crippen LogP contribution in [0.5, 0.6) is 69.0 Å². The summed E-state index contributed by atoms with van der Waals surface area (Å²) in [7, 11) is 0. The molecule has 7 nitrogen and oxygen atoms in total. The number of phenols is 2. The Morgan fingerprint density at radius 3 is 0.564 bits per heavy atom. The molecule has 0 atom stereocenters. The minimum Gasteiger partial charge on any atom is -0.507 e. The summed E-state index contributed by atoms with van der Waals surface area (Å²) in [6.45, 7) is 23.5. The fraction of sp³-hybridized carbons (Fsp3) is 0.250. The first kappa shape index (κ1) is 38.6. The van der Waals surface area contributed by atoms with E-state index in [4.69, 9.17) is 23.7 Å². The molecule has 0 saturated heterocycles. The molecule has 0 aliphatic heterocycles. The van der Waals surface area contributed by atoms with E-state index in [0.717, 1.165) is 101 Å². The summed E-state index contributed by atoms with van der Waals surface area (Å²) in [5, 5.41) is 20.3. The summed E-state index contributed by atoms with van der Waals surface area (Å²) in [6, 6.07) is 23.2. The van der Waals surface area contributed by atoms with Gasteiger partial charge in [0, 0.05) is 0 Å². The maximum absolute atomic E-state index is 10.2. The van der Waals surface area contributed by atoms with Gasteiger partial charge in [0.15, 0.2) is 0 Å². The third-order valence-electron chi connectivity index (χ3n) is 9.78. The number of hydrogen-bond acceptors (Lipinski definition) is 7. The molecule has 0 heterocycles.